The summed E-state index contributed by atoms with van der Waals surface area (Å²) in [5.74, 6) is -0.234. The molecule has 1 heterocycles. The molecular formula is C13H13N3O2. The van der Waals surface area contributed by atoms with Gasteiger partial charge >= 0.3 is 0 Å². The maximum Gasteiger partial charge on any atom is 0.260 e. The van der Waals surface area contributed by atoms with Gasteiger partial charge in [0.25, 0.3) is 5.91 Å². The van der Waals surface area contributed by atoms with Crippen LogP contribution in [0.5, 0.6) is 5.75 Å². The van der Waals surface area contributed by atoms with Crippen molar-refractivity contribution in [2.45, 2.75) is 6.92 Å². The van der Waals surface area contributed by atoms with E-state index in [0.29, 0.717) is 5.69 Å². The summed E-state index contributed by atoms with van der Waals surface area (Å²) in [5.41, 5.74) is 7.10. The highest BCUT2D eigenvalue weighted by molar-refractivity contribution is 6.06. The Kier molecular flexibility index (Phi) is 3.14. The van der Waals surface area contributed by atoms with Gasteiger partial charge in [0, 0.05) is 6.20 Å². The average Bonchev–Trinajstić information content (AvgIpc) is 2.32. The van der Waals surface area contributed by atoms with Gasteiger partial charge in [0.2, 0.25) is 0 Å². The first-order valence-corrected chi connectivity index (χ1v) is 5.39. The van der Waals surface area contributed by atoms with Crippen LogP contribution in [0.2, 0.25) is 0 Å². The second kappa shape index (κ2) is 4.75. The lowest BCUT2D eigenvalue weighted by Gasteiger charge is -2.08. The third-order valence-electron chi connectivity index (χ3n) is 2.47. The first-order valence-electron chi connectivity index (χ1n) is 5.39. The molecule has 5 heteroatoms. The van der Waals surface area contributed by atoms with Gasteiger partial charge in [0.05, 0.1) is 11.3 Å². The van der Waals surface area contributed by atoms with Crippen LogP contribution in [0.25, 0.3) is 0 Å². The number of rotatable bonds is 2. The molecule has 0 aliphatic carbocycles. The second-order valence-corrected chi connectivity index (χ2v) is 3.92. The number of nitrogens with zero attached hydrogens (tertiary/aromatic N) is 1. The second-order valence-electron chi connectivity index (χ2n) is 3.92. The van der Waals surface area contributed by atoms with Crippen LogP contribution in [0, 0.1) is 6.92 Å². The molecule has 0 fully saturated rings. The van der Waals surface area contributed by atoms with E-state index in [2.05, 4.69) is 10.3 Å². The van der Waals surface area contributed by atoms with Gasteiger partial charge in [0.15, 0.2) is 5.82 Å². The largest absolute Gasteiger partial charge is 0.507 e. The number of phenolic OH excluding ortho intramolecular Hbond substituents is 1. The molecule has 2 aromatic rings. The number of benzene rings is 1. The number of nitrogen functional groups attached to an aromatic ring is 1. The predicted molar refractivity (Wildman–Crippen MR) is 69.4 cm³/mol. The number of phenols is 1. The molecule has 18 heavy (non-hydrogen) atoms. The minimum Gasteiger partial charge on any atom is -0.507 e. The number of amides is 1. The van der Waals surface area contributed by atoms with Crippen molar-refractivity contribution in [1.29, 1.82) is 0 Å². The van der Waals surface area contributed by atoms with Crippen LogP contribution in [0.3, 0.4) is 0 Å². The van der Waals surface area contributed by atoms with Gasteiger partial charge in [-0.1, -0.05) is 6.07 Å². The molecule has 0 saturated carbocycles. The maximum absolute atomic E-state index is 11.9. The molecule has 5 nitrogen and oxygen atoms in total. The van der Waals surface area contributed by atoms with E-state index in [1.807, 2.05) is 6.92 Å². The fourth-order valence-corrected chi connectivity index (χ4v) is 1.53. The van der Waals surface area contributed by atoms with Crippen molar-refractivity contribution >= 4 is 17.4 Å². The molecule has 1 aromatic carbocycles. The number of hydrogen-bond donors (Lipinski definition) is 3. The molecule has 0 unspecified atom stereocenters. The summed E-state index contributed by atoms with van der Waals surface area (Å²) in [6, 6.07) is 8.14. The molecular weight excluding hydrogens is 230 g/mol. The topological polar surface area (TPSA) is 88.2 Å². The number of aryl methyl sites for hydroxylation is 1. The lowest BCUT2D eigenvalue weighted by Crippen LogP contribution is -2.14. The van der Waals surface area contributed by atoms with Crippen LogP contribution >= 0.6 is 0 Å². The standard InChI is InChI=1S/C13H13N3O2/c1-8-4-5-9(11(17)7-8)13(18)16-12-10(14)3-2-6-15-12/h2-7,17H,14H2,1H3,(H,15,16,18). The summed E-state index contributed by atoms with van der Waals surface area (Å²) < 4.78 is 0. The number of hydrogen-bond acceptors (Lipinski definition) is 4. The van der Waals surface area contributed by atoms with Crippen LogP contribution in [-0.4, -0.2) is 16.0 Å². The monoisotopic (exact) mass is 243 g/mol. The highest BCUT2D eigenvalue weighted by atomic mass is 16.3. The van der Waals surface area contributed by atoms with E-state index in [1.54, 1.807) is 24.3 Å². The van der Waals surface area contributed by atoms with Gasteiger partial charge in [0.1, 0.15) is 5.75 Å². The van der Waals surface area contributed by atoms with Crippen LogP contribution in [-0.2, 0) is 0 Å². The summed E-state index contributed by atoms with van der Waals surface area (Å²) in [6.45, 7) is 1.83. The number of aromatic nitrogens is 1. The van der Waals surface area contributed by atoms with Crippen molar-refractivity contribution in [3.8, 4) is 5.75 Å². The maximum atomic E-state index is 11.9. The molecule has 92 valence electrons. The third kappa shape index (κ3) is 2.40. The highest BCUT2D eigenvalue weighted by Crippen LogP contribution is 2.21. The van der Waals surface area contributed by atoms with Crippen molar-refractivity contribution < 1.29 is 9.90 Å². The van der Waals surface area contributed by atoms with Crippen molar-refractivity contribution in [2.24, 2.45) is 0 Å². The third-order valence-corrected chi connectivity index (χ3v) is 2.47. The fraction of sp³-hybridized carbons (Fsp3) is 0.0769. The van der Waals surface area contributed by atoms with E-state index in [-0.39, 0.29) is 17.1 Å². The lowest BCUT2D eigenvalue weighted by molar-refractivity contribution is 0.102. The van der Waals surface area contributed by atoms with Gasteiger partial charge in [-0.15, -0.1) is 0 Å². The molecule has 0 spiro atoms. The molecule has 4 N–H and O–H groups in total. The molecule has 0 radical (unpaired) electrons. The molecule has 2 rings (SSSR count). The Morgan fingerprint density at radius 3 is 2.83 bits per heavy atom. The van der Waals surface area contributed by atoms with E-state index >= 15 is 0 Å². The zero-order valence-electron chi connectivity index (χ0n) is 9.84. The Hall–Kier alpha value is -2.56. The van der Waals surface area contributed by atoms with E-state index in [1.165, 1.54) is 12.3 Å². The summed E-state index contributed by atoms with van der Waals surface area (Å²) in [7, 11) is 0. The number of nitrogens with two attached hydrogens (primary N) is 1. The predicted octanol–water partition coefficient (Wildman–Crippen LogP) is 1.93. The Morgan fingerprint density at radius 1 is 1.39 bits per heavy atom. The van der Waals surface area contributed by atoms with Crippen molar-refractivity contribution in [1.82, 2.24) is 4.98 Å². The Morgan fingerprint density at radius 2 is 2.17 bits per heavy atom. The van der Waals surface area contributed by atoms with Crippen molar-refractivity contribution in [3.05, 3.63) is 47.7 Å². The molecule has 0 atom stereocenters. The van der Waals surface area contributed by atoms with Crippen LogP contribution in [0.15, 0.2) is 36.5 Å². The molecule has 1 aromatic heterocycles. The van der Waals surface area contributed by atoms with Gasteiger partial charge in [-0.3, -0.25) is 4.79 Å². The number of carbonyl (C=O) groups is 1. The van der Waals surface area contributed by atoms with Crippen molar-refractivity contribution in [2.75, 3.05) is 11.1 Å². The normalized spacial score (nSPS) is 10.1. The number of carbonyl (C=O) groups excluding carboxylic acids is 1. The summed E-state index contributed by atoms with van der Waals surface area (Å²) in [4.78, 5) is 15.9. The quantitative estimate of drug-likeness (QED) is 0.752. The van der Waals surface area contributed by atoms with E-state index in [4.69, 9.17) is 5.73 Å². The van der Waals surface area contributed by atoms with E-state index < -0.39 is 5.91 Å². The van der Waals surface area contributed by atoms with Gasteiger partial charge < -0.3 is 16.2 Å². The van der Waals surface area contributed by atoms with Crippen LogP contribution in [0.4, 0.5) is 11.5 Å². The smallest absolute Gasteiger partial charge is 0.260 e. The minimum absolute atomic E-state index is 0.0676. The zero-order valence-corrected chi connectivity index (χ0v) is 9.84. The highest BCUT2D eigenvalue weighted by Gasteiger charge is 2.12. The van der Waals surface area contributed by atoms with E-state index in [9.17, 15) is 9.90 Å². The van der Waals surface area contributed by atoms with Gasteiger partial charge in [-0.05, 0) is 36.8 Å². The molecule has 0 bridgehead atoms. The first kappa shape index (κ1) is 11.9. The molecule has 0 aliphatic rings. The summed E-state index contributed by atoms with van der Waals surface area (Å²) in [5, 5.41) is 12.2. The average molecular weight is 243 g/mol. The van der Waals surface area contributed by atoms with Gasteiger partial charge in [-0.2, -0.15) is 0 Å². The van der Waals surface area contributed by atoms with Gasteiger partial charge in [-0.25, -0.2) is 4.98 Å². The van der Waals surface area contributed by atoms with E-state index in [0.717, 1.165) is 5.56 Å². The Balaban J connectivity index is 2.25. The number of nitrogens with one attached hydrogen (secondary N) is 1. The number of anilines is 2. The van der Waals surface area contributed by atoms with Crippen LogP contribution in [0.1, 0.15) is 15.9 Å². The summed E-state index contributed by atoms with van der Waals surface area (Å²) in [6.07, 6.45) is 1.53. The first-order chi connectivity index (χ1) is 8.58. The SMILES string of the molecule is Cc1ccc(C(=O)Nc2ncccc2N)c(O)c1. The molecule has 0 saturated heterocycles. The zero-order chi connectivity index (χ0) is 13.1. The molecule has 1 amide bonds. The minimum atomic E-state index is -0.446. The number of pyridine rings is 1. The summed E-state index contributed by atoms with van der Waals surface area (Å²) >= 11 is 0. The molecule has 0 aliphatic heterocycles. The van der Waals surface area contributed by atoms with Crippen LogP contribution < -0.4 is 11.1 Å². The fourth-order valence-electron chi connectivity index (χ4n) is 1.53. The Labute approximate surface area is 104 Å². The van der Waals surface area contributed by atoms with Crippen molar-refractivity contribution in [3.63, 3.8) is 0 Å². The lowest BCUT2D eigenvalue weighted by atomic mass is 10.1. The Bertz CT molecular complexity index is 597. The number of aromatic hydroxyl groups is 1.